The second-order valence-corrected chi connectivity index (χ2v) is 25.9. The monoisotopic (exact) mass is 1510 g/mol. The summed E-state index contributed by atoms with van der Waals surface area (Å²) in [4.78, 5) is 80.7. The van der Waals surface area contributed by atoms with Crippen LogP contribution in [0.3, 0.4) is 0 Å². The Morgan fingerprint density at radius 3 is 1.48 bits per heavy atom. The van der Waals surface area contributed by atoms with Crippen molar-refractivity contribution in [2.75, 3.05) is 28.2 Å². The summed E-state index contributed by atoms with van der Waals surface area (Å²) >= 11 is 3.71. The summed E-state index contributed by atoms with van der Waals surface area (Å²) in [5.74, 6) is -4.92. The molecule has 25 heteroatoms. The van der Waals surface area contributed by atoms with E-state index in [0.717, 1.165) is 56.3 Å². The summed E-state index contributed by atoms with van der Waals surface area (Å²) in [7, 11) is 7.12. The van der Waals surface area contributed by atoms with Crippen LogP contribution in [0.2, 0.25) is 0 Å². The second-order valence-electron chi connectivity index (χ2n) is 20.2. The van der Waals surface area contributed by atoms with Crippen LogP contribution >= 0.6 is 31.9 Å². The fraction of sp³-hybridized carbons (Fsp3) is 0.194. The van der Waals surface area contributed by atoms with Crippen LogP contribution in [0.5, 0.6) is 5.75 Å². The van der Waals surface area contributed by atoms with Gasteiger partial charge >= 0.3 is 266 Å². The molecule has 0 radical (unpaired) electrons. The molecular weight excluding hydrogens is 1460 g/mol. The number of hydrogen-bond donors (Lipinski definition) is 5. The number of carboxylic acids is 3. The number of hydrogen-bond acceptors (Lipinski definition) is 14. The van der Waals surface area contributed by atoms with Crippen molar-refractivity contribution in [3.63, 3.8) is 0 Å². The maximum Gasteiger partial charge on any atom is 1.00 e. The Morgan fingerprint density at radius 2 is 1.07 bits per heavy atom. The van der Waals surface area contributed by atoms with Gasteiger partial charge in [0.1, 0.15) is 11.3 Å². The summed E-state index contributed by atoms with van der Waals surface area (Å²) in [6.45, 7) is 8.21. The number of aromatic carboxylic acids is 1. The molecule has 10 rings (SSSR count). The zero-order valence-corrected chi connectivity index (χ0v) is 61.9. The Labute approximate surface area is 573 Å². The zero-order valence-electron chi connectivity index (χ0n) is 49.2. The van der Waals surface area contributed by atoms with Gasteiger partial charge in [0.2, 0.25) is 11.8 Å². The number of halogens is 2. The number of aromatic nitrogens is 4. The molecule has 0 unspecified atom stereocenters. The van der Waals surface area contributed by atoms with Crippen molar-refractivity contribution in [1.29, 1.82) is 0 Å². The number of aryl methyl sites for hydroxylation is 4. The first-order chi connectivity index (χ1) is 40.2. The molecule has 0 saturated heterocycles. The Hall–Kier alpha value is -6.12. The zero-order chi connectivity index (χ0) is 62.3. The van der Waals surface area contributed by atoms with Gasteiger partial charge in [0.15, 0.2) is 12.2 Å². The minimum atomic E-state index is -2.75. The van der Waals surface area contributed by atoms with Gasteiger partial charge in [-0.3, -0.25) is 9.59 Å². The first-order valence-corrected chi connectivity index (χ1v) is 32.8. The molecule has 0 saturated carbocycles. The molecule has 8 aromatic rings. The van der Waals surface area contributed by atoms with E-state index >= 15 is 0 Å². The van der Waals surface area contributed by atoms with Gasteiger partial charge in [-0.05, 0) is 51.0 Å². The predicted molar refractivity (Wildman–Crippen MR) is 318 cm³/mol. The van der Waals surface area contributed by atoms with Gasteiger partial charge < -0.3 is 39.0 Å². The quantitative estimate of drug-likeness (QED) is 0.0823. The van der Waals surface area contributed by atoms with Gasteiger partial charge in [-0.25, -0.2) is 19.6 Å². The summed E-state index contributed by atoms with van der Waals surface area (Å²) in [5, 5.41) is 57.3. The molecule has 2 amide bonds. The third kappa shape index (κ3) is 17.0. The van der Waals surface area contributed by atoms with Gasteiger partial charge in [-0.1, -0.05) is 71.8 Å². The predicted octanol–water partition coefficient (Wildman–Crippen LogP) is 0.525. The average molecular weight is 1520 g/mol. The van der Waals surface area contributed by atoms with E-state index in [1.165, 1.54) is 23.3 Å². The van der Waals surface area contributed by atoms with E-state index in [-0.39, 0.29) is 111 Å². The first-order valence-electron chi connectivity index (χ1n) is 26.0. The van der Waals surface area contributed by atoms with E-state index in [9.17, 15) is 42.0 Å². The number of carboxylic acid groups (broad SMARTS) is 3. The molecule has 87 heavy (non-hydrogen) atoms. The van der Waals surface area contributed by atoms with E-state index < -0.39 is 55.1 Å². The van der Waals surface area contributed by atoms with Crippen molar-refractivity contribution < 1.29 is 146 Å². The van der Waals surface area contributed by atoms with E-state index in [0.29, 0.717) is 34.9 Å². The van der Waals surface area contributed by atoms with E-state index in [2.05, 4.69) is 94.2 Å². The molecule has 4 aromatic carbocycles. The van der Waals surface area contributed by atoms with Gasteiger partial charge in [0.05, 0.1) is 35.6 Å². The molecule has 1 aliphatic carbocycles. The Balaban J connectivity index is 0.000000220. The maximum atomic E-state index is 12.5. The number of carbonyl (C=O) groups excluding carboxylic acids is 3. The van der Waals surface area contributed by atoms with Crippen LogP contribution in [0.4, 0.5) is 0 Å². The smallest absolute Gasteiger partial charge is 1.00 e. The Bertz CT molecular complexity index is 4050. The number of aliphatic carboxylic acids is 2. The number of pyridine rings is 2. The summed E-state index contributed by atoms with van der Waals surface area (Å²) < 4.78 is 20.7. The number of benzene rings is 5. The topological polar surface area (TPSA) is 304 Å². The van der Waals surface area contributed by atoms with Crippen LogP contribution in [0.25, 0.3) is 67.2 Å². The van der Waals surface area contributed by atoms with Crippen LogP contribution in [-0.2, 0) is 57.1 Å². The Kier molecular flexibility index (Phi) is 25.8. The summed E-state index contributed by atoms with van der Waals surface area (Å²) in [6.07, 6.45) is 0.216. The van der Waals surface area contributed by atoms with Gasteiger partial charge in [0, 0.05) is 51.7 Å². The van der Waals surface area contributed by atoms with Crippen molar-refractivity contribution >= 4 is 86.9 Å². The first kappa shape index (κ1) is 71.6. The van der Waals surface area contributed by atoms with E-state index in [4.69, 9.17) is 34.8 Å². The molecule has 1 aliphatic heterocycles. The molecule has 0 bridgehead atoms. The minimum Gasteiger partial charge on any atom is 1.00 e. The van der Waals surface area contributed by atoms with E-state index in [1.54, 1.807) is 68.3 Å². The number of aliphatic hydroxyl groups is 2. The molecule has 20 nitrogen and oxygen atoms in total. The Morgan fingerprint density at radius 1 is 0.632 bits per heavy atom. The third-order valence-electron chi connectivity index (χ3n) is 13.5. The maximum absolute atomic E-state index is 12.5. The SMILES string of the molecule is Cc1ccc(-c2nc3ccc(C)cn3c2CC(=O)N(C)C)cc1.Cc1ccc(-c2nc3ccc(C)cn3c2CC(=O)N(C)C)cc1.O=C(O)[C@H](O)[C@@H](O)C(=O)O.O=C([O-])c1ccccc1-c1c2cc(Br)c(=O)cc-2oc2[c]([Hg][OH])c([O-])c(Br)cc12.[Na+].[Na+]. The molecule has 436 valence electrons. The van der Waals surface area contributed by atoms with Crippen LogP contribution < -0.4 is 77.8 Å². The number of rotatable bonds is 12. The largest absolute Gasteiger partial charge is 1.00 e. The van der Waals surface area contributed by atoms with Crippen molar-refractivity contribution in [3.05, 3.63) is 186 Å². The van der Waals surface area contributed by atoms with Crippen LogP contribution in [0.1, 0.15) is 44.0 Å². The number of fused-ring (bicyclic) bond motifs is 4. The average Bonchev–Trinajstić information content (AvgIpc) is 1.50. The van der Waals surface area contributed by atoms with E-state index in [1.807, 2.05) is 59.3 Å². The standard InChI is InChI=1S/C20H9Br2O5.2C19H21N3O.C4H6O6.Hg.2Na.H2O/c21-13-5-11-17(7-15(13)23)27-18-8-16(24)14(22)6-12(18)19(11)9-3-1-2-4-10(9)20(25)26;2*1-13-5-8-15(9-6-13)19-16(11-18(23)21(3)4)22-12-14(2)7-10-17(22)20-19;5-1(3(7)8)2(6)4(9)10;;;;/h1-7,24H,(H,25,26);2*5-10,12H,11H2,1-4H3;1-2,5-6H,(H,7,8)(H,9,10);;;;1H2/q;;;;3*+1;/p-3/t;;;1-,2-;;;;/m...1..../s1. The van der Waals surface area contributed by atoms with Crippen molar-refractivity contribution in [1.82, 2.24) is 28.6 Å². The fourth-order valence-corrected chi connectivity index (χ4v) is 13.5. The van der Waals surface area contributed by atoms with Crippen molar-refractivity contribution in [3.8, 4) is 50.7 Å². The number of amides is 2. The molecule has 5 N–H and O–H groups in total. The van der Waals surface area contributed by atoms with Gasteiger partial charge in [-0.15, -0.1) is 0 Å². The molecule has 5 heterocycles. The minimum absolute atomic E-state index is 0. The van der Waals surface area contributed by atoms with Gasteiger partial charge in [-0.2, -0.15) is 0 Å². The van der Waals surface area contributed by atoms with Crippen molar-refractivity contribution in [2.45, 2.75) is 52.7 Å². The van der Waals surface area contributed by atoms with Crippen LogP contribution in [-0.4, -0.2) is 122 Å². The molecule has 0 fully saturated rings. The molecule has 2 atom stereocenters. The van der Waals surface area contributed by atoms with Crippen LogP contribution in [0.15, 0.2) is 146 Å². The molecule has 2 aliphatic rings. The molecule has 0 spiro atoms. The third-order valence-corrected chi connectivity index (χ3v) is 18.4. The molecule has 4 aromatic heterocycles. The number of imidazole rings is 2. The van der Waals surface area contributed by atoms with Crippen LogP contribution in [0, 0.1) is 27.7 Å². The number of carbonyl (C=O) groups is 5. The normalized spacial score (nSPS) is 11.3. The fourth-order valence-electron chi connectivity index (χ4n) is 8.85. The number of aliphatic hydroxyl groups excluding tert-OH is 2. The second kappa shape index (κ2) is 31.4. The number of likely N-dealkylation sites (N-methyl/N-ethyl adjacent to an activating group) is 2. The summed E-state index contributed by atoms with van der Waals surface area (Å²) in [6, 6.07) is 35.3. The molecular formula is C62H56Br2HgN6Na2O14. The number of nitrogens with zero attached hydrogens (tertiary/aromatic N) is 6. The van der Waals surface area contributed by atoms with Crippen molar-refractivity contribution in [2.24, 2.45) is 0 Å². The summed E-state index contributed by atoms with van der Waals surface area (Å²) in [5.41, 5.74) is 13.3. The van der Waals surface area contributed by atoms with Gasteiger partial charge in [0.25, 0.3) is 0 Å².